The van der Waals surface area contributed by atoms with Gasteiger partial charge in [0, 0.05) is 29.7 Å². The number of benzene rings is 1. The van der Waals surface area contributed by atoms with Gasteiger partial charge >= 0.3 is 0 Å². The van der Waals surface area contributed by atoms with Crippen molar-refractivity contribution < 1.29 is 0 Å². The second kappa shape index (κ2) is 6.13. The Morgan fingerprint density at radius 1 is 1.26 bits per heavy atom. The predicted molar refractivity (Wildman–Crippen MR) is 81.2 cm³/mol. The van der Waals surface area contributed by atoms with Crippen LogP contribution in [0.25, 0.3) is 10.9 Å². The summed E-state index contributed by atoms with van der Waals surface area (Å²) in [5, 5.41) is 4.74. The van der Waals surface area contributed by atoms with Crippen LogP contribution in [0.4, 0.5) is 0 Å². The number of nitrogens with two attached hydrogens (primary N) is 1. The SMILES string of the molecule is CCC(C)NC(CN)c1ccc2nc(C)ccc2c1. The molecule has 3 nitrogen and oxygen atoms in total. The minimum Gasteiger partial charge on any atom is -0.329 e. The van der Waals surface area contributed by atoms with Crippen molar-refractivity contribution in [3.63, 3.8) is 0 Å². The van der Waals surface area contributed by atoms with Gasteiger partial charge < -0.3 is 11.1 Å². The summed E-state index contributed by atoms with van der Waals surface area (Å²) >= 11 is 0. The van der Waals surface area contributed by atoms with Gasteiger partial charge in [-0.05, 0) is 44.0 Å². The molecule has 0 aliphatic heterocycles. The van der Waals surface area contributed by atoms with Crippen LogP contribution < -0.4 is 11.1 Å². The fraction of sp³-hybridized carbons (Fsp3) is 0.438. The Labute approximate surface area is 115 Å². The molecular weight excluding hydrogens is 234 g/mol. The van der Waals surface area contributed by atoms with Crippen LogP contribution >= 0.6 is 0 Å². The van der Waals surface area contributed by atoms with E-state index in [1.165, 1.54) is 10.9 Å². The highest BCUT2D eigenvalue weighted by Gasteiger charge is 2.12. The van der Waals surface area contributed by atoms with Crippen molar-refractivity contribution in [3.05, 3.63) is 41.6 Å². The molecular formula is C16H23N3. The van der Waals surface area contributed by atoms with Crippen molar-refractivity contribution in [2.45, 2.75) is 39.3 Å². The van der Waals surface area contributed by atoms with E-state index in [2.05, 4.69) is 48.4 Å². The number of aryl methyl sites for hydroxylation is 1. The number of rotatable bonds is 5. The van der Waals surface area contributed by atoms with Gasteiger partial charge in [0.1, 0.15) is 0 Å². The number of nitrogens with one attached hydrogen (secondary N) is 1. The normalized spacial score (nSPS) is 14.5. The number of aromatic nitrogens is 1. The van der Waals surface area contributed by atoms with Gasteiger partial charge in [-0.2, -0.15) is 0 Å². The molecule has 2 unspecified atom stereocenters. The Balaban J connectivity index is 2.30. The van der Waals surface area contributed by atoms with Crippen molar-refractivity contribution in [2.75, 3.05) is 6.54 Å². The smallest absolute Gasteiger partial charge is 0.0705 e. The first-order chi connectivity index (χ1) is 9.13. The summed E-state index contributed by atoms with van der Waals surface area (Å²) in [6, 6.07) is 11.2. The van der Waals surface area contributed by atoms with Crippen molar-refractivity contribution in [1.82, 2.24) is 10.3 Å². The molecule has 0 bridgehead atoms. The summed E-state index contributed by atoms with van der Waals surface area (Å²) in [5.74, 6) is 0. The Morgan fingerprint density at radius 3 is 2.74 bits per heavy atom. The number of fused-ring (bicyclic) bond motifs is 1. The standard InChI is InChI=1S/C16H23N3/c1-4-11(2)18-16(10-17)14-7-8-15-13(9-14)6-5-12(3)19-15/h5-9,11,16,18H,4,10,17H2,1-3H3. The lowest BCUT2D eigenvalue weighted by atomic mass is 10.0. The highest BCUT2D eigenvalue weighted by molar-refractivity contribution is 5.79. The molecule has 1 heterocycles. The number of hydrogen-bond acceptors (Lipinski definition) is 3. The summed E-state index contributed by atoms with van der Waals surface area (Å²) in [4.78, 5) is 4.53. The lowest BCUT2D eigenvalue weighted by Gasteiger charge is -2.22. The molecule has 0 aliphatic carbocycles. The first-order valence-electron chi connectivity index (χ1n) is 6.97. The second-order valence-electron chi connectivity index (χ2n) is 5.17. The molecule has 0 spiro atoms. The highest BCUT2D eigenvalue weighted by Crippen LogP contribution is 2.20. The van der Waals surface area contributed by atoms with Gasteiger partial charge in [-0.15, -0.1) is 0 Å². The summed E-state index contributed by atoms with van der Waals surface area (Å²) in [6.07, 6.45) is 1.10. The van der Waals surface area contributed by atoms with Gasteiger partial charge in [-0.25, -0.2) is 0 Å². The van der Waals surface area contributed by atoms with E-state index in [4.69, 9.17) is 5.73 Å². The molecule has 0 fully saturated rings. The molecule has 0 radical (unpaired) electrons. The fourth-order valence-electron chi connectivity index (χ4n) is 2.22. The molecule has 2 rings (SSSR count). The first-order valence-corrected chi connectivity index (χ1v) is 6.97. The number of nitrogens with zero attached hydrogens (tertiary/aromatic N) is 1. The molecule has 1 aromatic carbocycles. The van der Waals surface area contributed by atoms with Crippen LogP contribution in [-0.2, 0) is 0 Å². The summed E-state index contributed by atoms with van der Waals surface area (Å²) in [5.41, 5.74) is 9.23. The average molecular weight is 257 g/mol. The third-order valence-corrected chi connectivity index (χ3v) is 3.59. The minimum absolute atomic E-state index is 0.209. The van der Waals surface area contributed by atoms with E-state index in [9.17, 15) is 0 Å². The third kappa shape index (κ3) is 3.31. The number of pyridine rings is 1. The number of hydrogen-bond donors (Lipinski definition) is 2. The largest absolute Gasteiger partial charge is 0.329 e. The van der Waals surface area contributed by atoms with Crippen LogP contribution in [0.15, 0.2) is 30.3 Å². The van der Waals surface area contributed by atoms with E-state index >= 15 is 0 Å². The molecule has 3 heteroatoms. The summed E-state index contributed by atoms with van der Waals surface area (Å²) < 4.78 is 0. The Bertz CT molecular complexity index is 551. The maximum Gasteiger partial charge on any atom is 0.0705 e. The van der Waals surface area contributed by atoms with E-state index in [0.29, 0.717) is 12.6 Å². The summed E-state index contributed by atoms with van der Waals surface area (Å²) in [6.45, 7) is 6.99. The van der Waals surface area contributed by atoms with Crippen LogP contribution in [-0.4, -0.2) is 17.6 Å². The molecule has 0 saturated carbocycles. The maximum atomic E-state index is 5.90. The zero-order valence-corrected chi connectivity index (χ0v) is 12.0. The fourth-order valence-corrected chi connectivity index (χ4v) is 2.22. The maximum absolute atomic E-state index is 5.90. The molecule has 1 aromatic heterocycles. The topological polar surface area (TPSA) is 50.9 Å². The lowest BCUT2D eigenvalue weighted by molar-refractivity contribution is 0.452. The van der Waals surface area contributed by atoms with Crippen LogP contribution in [0.2, 0.25) is 0 Å². The lowest BCUT2D eigenvalue weighted by Crippen LogP contribution is -2.34. The quantitative estimate of drug-likeness (QED) is 0.866. The Morgan fingerprint density at radius 2 is 2.05 bits per heavy atom. The molecule has 2 atom stereocenters. The van der Waals surface area contributed by atoms with E-state index in [1.807, 2.05) is 13.0 Å². The zero-order valence-electron chi connectivity index (χ0n) is 12.0. The van der Waals surface area contributed by atoms with Crippen molar-refractivity contribution in [1.29, 1.82) is 0 Å². The molecule has 0 saturated heterocycles. The van der Waals surface area contributed by atoms with Crippen molar-refractivity contribution >= 4 is 10.9 Å². The average Bonchev–Trinajstić information content (AvgIpc) is 2.43. The summed E-state index contributed by atoms with van der Waals surface area (Å²) in [7, 11) is 0. The van der Waals surface area contributed by atoms with E-state index in [0.717, 1.165) is 17.6 Å². The van der Waals surface area contributed by atoms with Crippen LogP contribution in [0.1, 0.15) is 37.6 Å². The molecule has 0 aliphatic rings. The molecule has 0 amide bonds. The highest BCUT2D eigenvalue weighted by atomic mass is 15.0. The van der Waals surface area contributed by atoms with Crippen molar-refractivity contribution in [3.8, 4) is 0 Å². The van der Waals surface area contributed by atoms with Crippen molar-refractivity contribution in [2.24, 2.45) is 5.73 Å². The van der Waals surface area contributed by atoms with Gasteiger partial charge in [-0.1, -0.05) is 19.1 Å². The Kier molecular flexibility index (Phi) is 4.51. The van der Waals surface area contributed by atoms with Crippen LogP contribution in [0.5, 0.6) is 0 Å². The van der Waals surface area contributed by atoms with Gasteiger partial charge in [-0.3, -0.25) is 4.98 Å². The van der Waals surface area contributed by atoms with E-state index < -0.39 is 0 Å². The molecule has 19 heavy (non-hydrogen) atoms. The van der Waals surface area contributed by atoms with Gasteiger partial charge in [0.25, 0.3) is 0 Å². The predicted octanol–water partition coefficient (Wildman–Crippen LogP) is 2.93. The van der Waals surface area contributed by atoms with Gasteiger partial charge in [0.2, 0.25) is 0 Å². The van der Waals surface area contributed by atoms with Crippen LogP contribution in [0.3, 0.4) is 0 Å². The van der Waals surface area contributed by atoms with E-state index in [-0.39, 0.29) is 6.04 Å². The third-order valence-electron chi connectivity index (χ3n) is 3.59. The first kappa shape index (κ1) is 14.0. The van der Waals surface area contributed by atoms with Crippen LogP contribution in [0, 0.1) is 6.92 Å². The second-order valence-corrected chi connectivity index (χ2v) is 5.17. The monoisotopic (exact) mass is 257 g/mol. The minimum atomic E-state index is 0.209. The molecule has 2 aromatic rings. The van der Waals surface area contributed by atoms with Gasteiger partial charge in [0.15, 0.2) is 0 Å². The van der Waals surface area contributed by atoms with E-state index in [1.54, 1.807) is 0 Å². The zero-order chi connectivity index (χ0) is 13.8. The molecule has 102 valence electrons. The Hall–Kier alpha value is -1.45. The van der Waals surface area contributed by atoms with Gasteiger partial charge in [0.05, 0.1) is 5.52 Å². The molecule has 3 N–H and O–H groups in total.